The number of likely N-dealkylation sites (tertiary alicyclic amines) is 1. The second-order valence-corrected chi connectivity index (χ2v) is 14.7. The molecule has 7 heteroatoms. The van der Waals surface area contributed by atoms with E-state index in [4.69, 9.17) is 14.2 Å². The van der Waals surface area contributed by atoms with Crippen LogP contribution < -0.4 is 0 Å². The van der Waals surface area contributed by atoms with Crippen molar-refractivity contribution in [2.75, 3.05) is 27.0 Å². The highest BCUT2D eigenvalue weighted by atomic mass is 32.2. The molecule has 2 aliphatic heterocycles. The maximum atomic E-state index is 14.1. The first-order chi connectivity index (χ1) is 17.3. The fraction of sp³-hybridized carbons (Fsp3) is 0.690. The van der Waals surface area contributed by atoms with Crippen molar-refractivity contribution < 1.29 is 22.6 Å². The van der Waals surface area contributed by atoms with Crippen molar-refractivity contribution in [3.05, 3.63) is 48.3 Å². The predicted molar refractivity (Wildman–Crippen MR) is 133 cm³/mol. The number of piperidine rings is 1. The van der Waals surface area contributed by atoms with E-state index >= 15 is 0 Å². The monoisotopic (exact) mass is 510 g/mol. The first-order valence-electron chi connectivity index (χ1n) is 13.8. The molecule has 193 valence electrons. The van der Waals surface area contributed by atoms with Gasteiger partial charge in [0.1, 0.15) is 6.79 Å². The van der Waals surface area contributed by atoms with Crippen molar-refractivity contribution in [2.45, 2.75) is 74.3 Å². The Balaban J connectivity index is 1.28. The minimum absolute atomic E-state index is 0.0176. The number of sulfone groups is 1. The molecule has 6 nitrogen and oxygen atoms in total. The van der Waals surface area contributed by atoms with Crippen LogP contribution in [-0.4, -0.2) is 57.4 Å². The molecule has 36 heavy (non-hydrogen) atoms. The number of nitrogens with zero attached hydrogens (tertiary/aromatic N) is 1. The quantitative estimate of drug-likeness (QED) is 0.423. The van der Waals surface area contributed by atoms with Crippen molar-refractivity contribution >= 4 is 9.84 Å². The molecule has 8 aliphatic rings. The highest BCUT2D eigenvalue weighted by Crippen LogP contribution is 2.91. The normalized spacial score (nSPS) is 49.3. The van der Waals surface area contributed by atoms with Gasteiger partial charge in [0.15, 0.2) is 6.10 Å². The zero-order valence-corrected chi connectivity index (χ0v) is 22.3. The van der Waals surface area contributed by atoms with Gasteiger partial charge < -0.3 is 14.2 Å². The standard InChI is InChI=1S/C29H36NO5S/c1-4-30-16-26(2)12-11-23(34-17-33-3)28-21(26)15-20(24(28)30)27-13-10-18(14-22(27)28)29(25(27)35-29)36(31,32)19-8-6-5-7-9-19/h5-9,18,20,23-24H,4,10-17H2,1-3H3/t18-,20?,23-,24+,26-,27-,28?,29+/m0/s1. The molecule has 2 heterocycles. The average Bonchev–Trinajstić information content (AvgIpc) is 3.58. The van der Waals surface area contributed by atoms with E-state index in [1.54, 1.807) is 31.1 Å². The minimum atomic E-state index is -3.63. The summed E-state index contributed by atoms with van der Waals surface area (Å²) in [7, 11) is -1.92. The summed E-state index contributed by atoms with van der Waals surface area (Å²) in [5, 5.41) is 0. The van der Waals surface area contributed by atoms with Gasteiger partial charge in [-0.3, -0.25) is 4.90 Å². The van der Waals surface area contributed by atoms with Crippen LogP contribution in [0.4, 0.5) is 0 Å². The summed E-state index contributed by atoms with van der Waals surface area (Å²) in [5.74, 6) is 3.63. The molecule has 0 amide bonds. The van der Waals surface area contributed by atoms with Gasteiger partial charge in [0.2, 0.25) is 14.8 Å². The van der Waals surface area contributed by atoms with Gasteiger partial charge in [-0.2, -0.15) is 0 Å². The Morgan fingerprint density at radius 1 is 1.11 bits per heavy atom. The van der Waals surface area contributed by atoms with Gasteiger partial charge in [-0.15, -0.1) is 0 Å². The van der Waals surface area contributed by atoms with Crippen LogP contribution in [0, 0.1) is 46.0 Å². The minimum Gasteiger partial charge on any atom is -0.359 e. The van der Waals surface area contributed by atoms with Crippen LogP contribution in [0.1, 0.15) is 52.4 Å². The highest BCUT2D eigenvalue weighted by Gasteiger charge is 2.93. The third kappa shape index (κ3) is 2.20. The zero-order chi connectivity index (χ0) is 24.7. The molecular weight excluding hydrogens is 474 g/mol. The SMILES string of the molecule is CCN1C[C@]2(C)CC[C@H](OCOC)C34[C]2CC([C@@H]13)[C@@]12CC[C@@H](C[C]41)[C@]1(S(=O)(=O)c3ccccc3)O[C]21. The van der Waals surface area contributed by atoms with E-state index < -0.39 is 14.8 Å². The summed E-state index contributed by atoms with van der Waals surface area (Å²) in [6.45, 7) is 7.20. The summed E-state index contributed by atoms with van der Waals surface area (Å²) in [5.41, 5.74) is -0.151. The van der Waals surface area contributed by atoms with Crippen LogP contribution in [0.2, 0.25) is 0 Å². The molecule has 2 unspecified atom stereocenters. The highest BCUT2D eigenvalue weighted by molar-refractivity contribution is 7.93. The Labute approximate surface area is 215 Å². The zero-order valence-electron chi connectivity index (χ0n) is 21.5. The number of hydrogen-bond donors (Lipinski definition) is 0. The first-order valence-corrected chi connectivity index (χ1v) is 15.3. The van der Waals surface area contributed by atoms with Crippen LogP contribution >= 0.6 is 0 Å². The molecule has 2 spiro atoms. The van der Waals surface area contributed by atoms with E-state index in [2.05, 4.69) is 18.7 Å². The molecule has 0 N–H and O–H groups in total. The molecule has 8 atom stereocenters. The number of benzene rings is 1. The topological polar surface area (TPSA) is 68.4 Å². The van der Waals surface area contributed by atoms with E-state index in [9.17, 15) is 8.42 Å². The smallest absolute Gasteiger partial charge is 0.211 e. The molecule has 3 radical (unpaired) electrons. The van der Waals surface area contributed by atoms with Gasteiger partial charge in [-0.25, -0.2) is 8.42 Å². The molecule has 1 aromatic rings. The summed E-state index contributed by atoms with van der Waals surface area (Å²) in [6.07, 6.45) is 7.03. The number of fused-ring (bicyclic) bond motifs is 1. The molecule has 6 saturated carbocycles. The molecule has 8 fully saturated rings. The molecule has 1 aromatic carbocycles. The van der Waals surface area contributed by atoms with E-state index in [1.165, 1.54) is 0 Å². The van der Waals surface area contributed by atoms with Crippen LogP contribution in [0.15, 0.2) is 35.2 Å². The summed E-state index contributed by atoms with van der Waals surface area (Å²) in [6, 6.07) is 9.34. The largest absolute Gasteiger partial charge is 0.359 e. The van der Waals surface area contributed by atoms with E-state index in [1.807, 2.05) is 18.2 Å². The van der Waals surface area contributed by atoms with Crippen LogP contribution in [-0.2, 0) is 24.0 Å². The predicted octanol–water partition coefficient (Wildman–Crippen LogP) is 4.18. The number of rotatable bonds is 6. The molecule has 0 aromatic heterocycles. The van der Waals surface area contributed by atoms with E-state index in [0.29, 0.717) is 23.6 Å². The number of hydrogen-bond acceptors (Lipinski definition) is 6. The summed E-state index contributed by atoms with van der Waals surface area (Å²) in [4.78, 5) is 1.99. The van der Waals surface area contributed by atoms with Crippen molar-refractivity contribution in [1.29, 1.82) is 0 Å². The second kappa shape index (κ2) is 6.95. The Kier molecular flexibility index (Phi) is 4.43. The van der Waals surface area contributed by atoms with Crippen molar-refractivity contribution in [1.82, 2.24) is 4.90 Å². The van der Waals surface area contributed by atoms with Gasteiger partial charge in [0, 0.05) is 36.4 Å². The molecule has 2 saturated heterocycles. The van der Waals surface area contributed by atoms with Crippen LogP contribution in [0.5, 0.6) is 0 Å². The average molecular weight is 511 g/mol. The Morgan fingerprint density at radius 2 is 1.92 bits per heavy atom. The lowest BCUT2D eigenvalue weighted by Crippen LogP contribution is -2.68. The third-order valence-electron chi connectivity index (χ3n) is 11.6. The first kappa shape index (κ1) is 22.9. The van der Waals surface area contributed by atoms with Gasteiger partial charge in [-0.1, -0.05) is 32.0 Å². The Morgan fingerprint density at radius 3 is 2.67 bits per heavy atom. The molecular formula is C29H36NO5S. The lowest BCUT2D eigenvalue weighted by molar-refractivity contribution is -0.166. The maximum Gasteiger partial charge on any atom is 0.211 e. The maximum absolute atomic E-state index is 14.1. The number of epoxide rings is 1. The molecule has 9 rings (SSSR count). The van der Waals surface area contributed by atoms with Crippen LogP contribution in [0.25, 0.3) is 0 Å². The fourth-order valence-corrected chi connectivity index (χ4v) is 12.8. The van der Waals surface area contributed by atoms with Crippen molar-refractivity contribution in [2.24, 2.45) is 28.1 Å². The van der Waals surface area contributed by atoms with Crippen LogP contribution in [0.3, 0.4) is 0 Å². The second-order valence-electron chi connectivity index (χ2n) is 12.6. The Bertz CT molecular complexity index is 1210. The summed E-state index contributed by atoms with van der Waals surface area (Å²) >= 11 is 0. The number of methoxy groups -OCH3 is 1. The molecule has 7 bridgehead atoms. The molecule has 6 aliphatic carbocycles. The van der Waals surface area contributed by atoms with E-state index in [0.717, 1.165) is 57.7 Å². The van der Waals surface area contributed by atoms with Gasteiger partial charge in [0.25, 0.3) is 0 Å². The Hall–Kier alpha value is -0.990. The van der Waals surface area contributed by atoms with Crippen molar-refractivity contribution in [3.8, 4) is 0 Å². The lowest BCUT2D eigenvalue weighted by Gasteiger charge is -2.66. The third-order valence-corrected chi connectivity index (χ3v) is 13.9. The lowest BCUT2D eigenvalue weighted by atomic mass is 9.40. The van der Waals surface area contributed by atoms with Gasteiger partial charge in [0.05, 0.1) is 11.0 Å². The van der Waals surface area contributed by atoms with Gasteiger partial charge in [-0.05, 0) is 80.4 Å². The summed E-state index contributed by atoms with van der Waals surface area (Å²) < 4.78 is 46.8. The van der Waals surface area contributed by atoms with Gasteiger partial charge >= 0.3 is 0 Å². The fourth-order valence-electron chi connectivity index (χ4n) is 10.6. The van der Waals surface area contributed by atoms with E-state index in [-0.39, 0.29) is 28.3 Å². The number of ether oxygens (including phenoxy) is 3. The van der Waals surface area contributed by atoms with Crippen molar-refractivity contribution in [3.63, 3.8) is 0 Å².